The summed E-state index contributed by atoms with van der Waals surface area (Å²) in [7, 11) is 0. The first-order chi connectivity index (χ1) is 11.6. The number of ketones is 1. The topological polar surface area (TPSA) is 32.7 Å². The first kappa shape index (κ1) is 17.3. The van der Waals surface area contributed by atoms with Crippen molar-refractivity contribution < 1.29 is 4.79 Å². The average Bonchev–Trinajstić information content (AvgIpc) is 2.61. The molecule has 0 fully saturated rings. The largest absolute Gasteiger partial charge is 0.313 e. The molecule has 0 atom stereocenters. The van der Waals surface area contributed by atoms with Gasteiger partial charge in [-0.2, -0.15) is 0 Å². The Morgan fingerprint density at radius 1 is 1.17 bits per heavy atom. The number of aliphatic imine (C=N–C) groups is 1. The highest BCUT2D eigenvalue weighted by Crippen LogP contribution is 2.25. The molecule has 1 aliphatic heterocycles. The van der Waals surface area contributed by atoms with Crippen LogP contribution in [0.15, 0.2) is 53.5 Å². The molecule has 2 aromatic carbocycles. The fourth-order valence-electron chi connectivity index (χ4n) is 2.43. The van der Waals surface area contributed by atoms with Gasteiger partial charge in [0.2, 0.25) is 0 Å². The van der Waals surface area contributed by atoms with Crippen LogP contribution in [0, 0.1) is 0 Å². The van der Waals surface area contributed by atoms with Gasteiger partial charge in [-0.1, -0.05) is 53.2 Å². The number of amidine groups is 1. The van der Waals surface area contributed by atoms with Gasteiger partial charge in [-0.3, -0.25) is 9.79 Å². The molecule has 0 aromatic heterocycles. The van der Waals surface area contributed by atoms with Crippen LogP contribution >= 0.6 is 35.0 Å². The number of nitrogens with zero attached hydrogens (tertiary/aromatic N) is 2. The van der Waals surface area contributed by atoms with Crippen molar-refractivity contribution in [3.8, 4) is 0 Å². The number of benzene rings is 2. The van der Waals surface area contributed by atoms with Crippen molar-refractivity contribution in [2.75, 3.05) is 23.7 Å². The Hall–Kier alpha value is -1.49. The Bertz CT molecular complexity index is 765. The van der Waals surface area contributed by atoms with Crippen molar-refractivity contribution in [3.05, 3.63) is 64.1 Å². The molecule has 0 saturated carbocycles. The lowest BCUT2D eigenvalue weighted by Gasteiger charge is -2.27. The van der Waals surface area contributed by atoms with Gasteiger partial charge in [0, 0.05) is 28.6 Å². The molecule has 0 unspecified atom stereocenters. The van der Waals surface area contributed by atoms with Crippen LogP contribution in [0.5, 0.6) is 0 Å². The normalized spacial score (nSPS) is 14.2. The first-order valence-electron chi connectivity index (χ1n) is 7.63. The third kappa shape index (κ3) is 4.12. The molecule has 124 valence electrons. The number of rotatable bonds is 4. The van der Waals surface area contributed by atoms with E-state index in [-0.39, 0.29) is 12.3 Å². The highest BCUT2D eigenvalue weighted by molar-refractivity contribution is 8.14. The molecule has 2 aromatic rings. The van der Waals surface area contributed by atoms with Crippen molar-refractivity contribution in [2.45, 2.75) is 6.42 Å². The van der Waals surface area contributed by atoms with E-state index in [0.717, 1.165) is 29.6 Å². The smallest absolute Gasteiger partial charge is 0.184 e. The number of hydrogen-bond donors (Lipinski definition) is 0. The van der Waals surface area contributed by atoms with Crippen LogP contribution < -0.4 is 4.90 Å². The monoisotopic (exact) mass is 378 g/mol. The fourth-order valence-corrected chi connectivity index (χ4v) is 3.91. The predicted molar refractivity (Wildman–Crippen MR) is 104 cm³/mol. The number of hydrogen-bond acceptors (Lipinski definition) is 4. The summed E-state index contributed by atoms with van der Waals surface area (Å²) >= 11 is 13.8. The SMILES string of the molecule is O=C(CN(C1=NCCCS1)c1ccccc1)c1ccc(Cl)cc1Cl. The van der Waals surface area contributed by atoms with Gasteiger partial charge in [0.1, 0.15) is 0 Å². The van der Waals surface area contributed by atoms with Crippen molar-refractivity contribution in [1.29, 1.82) is 0 Å². The van der Waals surface area contributed by atoms with Gasteiger partial charge in [0.05, 0.1) is 11.6 Å². The molecule has 6 heteroatoms. The van der Waals surface area contributed by atoms with E-state index in [1.807, 2.05) is 35.2 Å². The van der Waals surface area contributed by atoms with Gasteiger partial charge in [0.25, 0.3) is 0 Å². The maximum Gasteiger partial charge on any atom is 0.184 e. The highest BCUT2D eigenvalue weighted by atomic mass is 35.5. The van der Waals surface area contributed by atoms with Crippen LogP contribution in [0.25, 0.3) is 0 Å². The molecule has 0 saturated heterocycles. The third-order valence-electron chi connectivity index (χ3n) is 3.61. The van der Waals surface area contributed by atoms with Gasteiger partial charge < -0.3 is 4.90 Å². The Labute approximate surface area is 155 Å². The lowest BCUT2D eigenvalue weighted by Crippen LogP contribution is -2.35. The second kappa shape index (κ2) is 8.06. The molecular weight excluding hydrogens is 363 g/mol. The summed E-state index contributed by atoms with van der Waals surface area (Å²) in [6.07, 6.45) is 1.06. The standard InChI is InChI=1S/C18H16Cl2N2OS/c19-13-7-8-15(16(20)11-13)17(23)12-22(14-5-2-1-3-6-14)18-21-9-4-10-24-18/h1-3,5-8,11H,4,9-10,12H2. The van der Waals surface area contributed by atoms with E-state index in [9.17, 15) is 4.79 Å². The third-order valence-corrected chi connectivity index (χ3v) is 5.26. The number of halogens is 2. The summed E-state index contributed by atoms with van der Waals surface area (Å²) in [5.74, 6) is 0.951. The molecular formula is C18H16Cl2N2OS. The second-order valence-electron chi connectivity index (χ2n) is 5.34. The first-order valence-corrected chi connectivity index (χ1v) is 9.37. The number of carbonyl (C=O) groups is 1. The summed E-state index contributed by atoms with van der Waals surface area (Å²) < 4.78 is 0. The minimum absolute atomic E-state index is 0.0607. The maximum atomic E-state index is 12.8. The Morgan fingerprint density at radius 3 is 2.62 bits per heavy atom. The zero-order valence-electron chi connectivity index (χ0n) is 12.9. The fraction of sp³-hybridized carbons (Fsp3) is 0.222. The number of para-hydroxylation sites is 1. The van der Waals surface area contributed by atoms with Crippen LogP contribution in [0.1, 0.15) is 16.8 Å². The van der Waals surface area contributed by atoms with Gasteiger partial charge in [-0.05, 0) is 36.8 Å². The van der Waals surface area contributed by atoms with Gasteiger partial charge in [-0.15, -0.1) is 0 Å². The van der Waals surface area contributed by atoms with Crippen LogP contribution in [-0.2, 0) is 0 Å². The summed E-state index contributed by atoms with van der Waals surface area (Å²) in [5.41, 5.74) is 1.42. The average molecular weight is 379 g/mol. The van der Waals surface area contributed by atoms with Gasteiger partial charge in [-0.25, -0.2) is 0 Å². The number of Topliss-reactive ketones (excluding diaryl/α,β-unsaturated/α-hetero) is 1. The lowest BCUT2D eigenvalue weighted by molar-refractivity contribution is 0.100. The molecule has 3 rings (SSSR count). The van der Waals surface area contributed by atoms with Crippen molar-refractivity contribution >= 4 is 51.6 Å². The summed E-state index contributed by atoms with van der Waals surface area (Å²) in [4.78, 5) is 19.3. The quantitative estimate of drug-likeness (QED) is 0.687. The van der Waals surface area contributed by atoms with Gasteiger partial charge >= 0.3 is 0 Å². The van der Waals surface area contributed by atoms with E-state index in [2.05, 4.69) is 4.99 Å². The Kier molecular flexibility index (Phi) is 5.82. The molecule has 0 aliphatic carbocycles. The molecule has 1 heterocycles. The van der Waals surface area contributed by atoms with Gasteiger partial charge in [0.15, 0.2) is 11.0 Å². The number of anilines is 1. The second-order valence-corrected chi connectivity index (χ2v) is 7.24. The minimum Gasteiger partial charge on any atom is -0.313 e. The number of thioether (sulfide) groups is 1. The van der Waals surface area contributed by atoms with Crippen molar-refractivity contribution in [3.63, 3.8) is 0 Å². The van der Waals surface area contributed by atoms with Crippen molar-refractivity contribution in [1.82, 2.24) is 0 Å². The molecule has 1 aliphatic rings. The molecule has 0 N–H and O–H groups in total. The molecule has 0 spiro atoms. The number of carbonyl (C=O) groups excluding carboxylic acids is 1. The maximum absolute atomic E-state index is 12.8. The zero-order valence-corrected chi connectivity index (χ0v) is 15.2. The van der Waals surface area contributed by atoms with Crippen molar-refractivity contribution in [2.24, 2.45) is 4.99 Å². The van der Waals surface area contributed by atoms with E-state index < -0.39 is 0 Å². The molecule has 0 amide bonds. The summed E-state index contributed by atoms with van der Waals surface area (Å²) in [6, 6.07) is 14.8. The molecule has 3 nitrogen and oxygen atoms in total. The molecule has 24 heavy (non-hydrogen) atoms. The van der Waals surface area contributed by atoms with Crippen LogP contribution in [0.4, 0.5) is 5.69 Å². The van der Waals surface area contributed by atoms with Crippen LogP contribution in [-0.4, -0.2) is 29.8 Å². The van der Waals surface area contributed by atoms with E-state index in [1.54, 1.807) is 30.0 Å². The highest BCUT2D eigenvalue weighted by Gasteiger charge is 2.21. The molecule has 0 radical (unpaired) electrons. The van der Waals surface area contributed by atoms with E-state index in [0.29, 0.717) is 15.6 Å². The van der Waals surface area contributed by atoms with E-state index >= 15 is 0 Å². The van der Waals surface area contributed by atoms with E-state index in [4.69, 9.17) is 23.2 Å². The zero-order chi connectivity index (χ0) is 16.9. The van der Waals surface area contributed by atoms with Crippen LogP contribution in [0.3, 0.4) is 0 Å². The Morgan fingerprint density at radius 2 is 1.96 bits per heavy atom. The minimum atomic E-state index is -0.0607. The van der Waals surface area contributed by atoms with E-state index in [1.165, 1.54) is 0 Å². The summed E-state index contributed by atoms with van der Waals surface area (Å²) in [5, 5.41) is 1.77. The predicted octanol–water partition coefficient (Wildman–Crippen LogP) is 5.18. The lowest BCUT2D eigenvalue weighted by atomic mass is 10.1. The Balaban J connectivity index is 1.89. The van der Waals surface area contributed by atoms with Crippen LogP contribution in [0.2, 0.25) is 10.0 Å². The summed E-state index contributed by atoms with van der Waals surface area (Å²) in [6.45, 7) is 0.985. The molecule has 0 bridgehead atoms.